The Bertz CT molecular complexity index is 937. The topological polar surface area (TPSA) is 90.1 Å². The molecular weight excluding hydrogens is 324 g/mol. The zero-order valence-electron chi connectivity index (χ0n) is 13.1. The molecule has 0 aliphatic carbocycles. The van der Waals surface area contributed by atoms with Crippen molar-refractivity contribution in [3.63, 3.8) is 0 Å². The number of nitrogen functional groups attached to an aromatic ring is 1. The number of carbonyl (C=O) groups excluding carboxylic acids is 1. The van der Waals surface area contributed by atoms with E-state index in [1.54, 1.807) is 7.11 Å². The lowest BCUT2D eigenvalue weighted by Gasteiger charge is -2.17. The van der Waals surface area contributed by atoms with Crippen molar-refractivity contribution in [2.75, 3.05) is 12.8 Å². The fraction of sp³-hybridized carbons (Fsp3) is 0.235. The SMILES string of the molecule is COc1nc2ccccc2cc1C1CC(=O)NCc2nc(N)sc21. The second kappa shape index (κ2) is 5.76. The fourth-order valence-electron chi connectivity index (χ4n) is 3.09. The van der Waals surface area contributed by atoms with E-state index in [-0.39, 0.29) is 11.8 Å². The molecule has 7 heteroatoms. The largest absolute Gasteiger partial charge is 0.481 e. The molecule has 0 radical (unpaired) electrons. The summed E-state index contributed by atoms with van der Waals surface area (Å²) in [6, 6.07) is 9.90. The summed E-state index contributed by atoms with van der Waals surface area (Å²) < 4.78 is 5.51. The summed E-state index contributed by atoms with van der Waals surface area (Å²) in [6.45, 7) is 0.404. The average molecular weight is 340 g/mol. The number of nitrogens with two attached hydrogens (primary N) is 1. The molecule has 0 saturated carbocycles. The average Bonchev–Trinajstić information content (AvgIpc) is 2.90. The summed E-state index contributed by atoms with van der Waals surface area (Å²) in [7, 11) is 1.60. The summed E-state index contributed by atoms with van der Waals surface area (Å²) in [4.78, 5) is 22.1. The lowest BCUT2D eigenvalue weighted by atomic mass is 9.93. The molecule has 4 rings (SSSR count). The van der Waals surface area contributed by atoms with Crippen LogP contribution in [0.15, 0.2) is 30.3 Å². The smallest absolute Gasteiger partial charge is 0.221 e. The van der Waals surface area contributed by atoms with Crippen LogP contribution < -0.4 is 15.8 Å². The van der Waals surface area contributed by atoms with Gasteiger partial charge in [-0.05, 0) is 12.1 Å². The van der Waals surface area contributed by atoms with Gasteiger partial charge >= 0.3 is 0 Å². The number of thiazole rings is 1. The van der Waals surface area contributed by atoms with Gasteiger partial charge < -0.3 is 15.8 Å². The molecule has 0 saturated heterocycles. The molecule has 1 aliphatic rings. The number of ether oxygens (including phenoxy) is 1. The van der Waals surface area contributed by atoms with Crippen molar-refractivity contribution in [2.45, 2.75) is 18.9 Å². The number of anilines is 1. The first-order valence-electron chi connectivity index (χ1n) is 7.61. The first kappa shape index (κ1) is 14.9. The van der Waals surface area contributed by atoms with Crippen molar-refractivity contribution < 1.29 is 9.53 Å². The van der Waals surface area contributed by atoms with E-state index in [2.05, 4.69) is 15.3 Å². The molecule has 0 bridgehead atoms. The van der Waals surface area contributed by atoms with Crippen molar-refractivity contribution in [3.05, 3.63) is 46.5 Å². The molecule has 3 heterocycles. The number of hydrogen-bond donors (Lipinski definition) is 2. The number of methoxy groups -OCH3 is 1. The molecular formula is C17H16N4O2S. The van der Waals surface area contributed by atoms with Gasteiger partial charge in [-0.15, -0.1) is 11.3 Å². The van der Waals surface area contributed by atoms with Crippen LogP contribution in [0, 0.1) is 0 Å². The molecule has 6 nitrogen and oxygen atoms in total. The van der Waals surface area contributed by atoms with Gasteiger partial charge in [-0.3, -0.25) is 4.79 Å². The van der Waals surface area contributed by atoms with Crippen LogP contribution in [0.2, 0.25) is 0 Å². The van der Waals surface area contributed by atoms with Crippen molar-refractivity contribution in [3.8, 4) is 5.88 Å². The standard InChI is InChI=1S/C17H16N4O2S/c1-23-16-11(6-9-4-2-3-5-12(9)20-16)10-7-14(22)19-8-13-15(10)24-17(18)21-13/h2-6,10H,7-8H2,1H3,(H2,18,21)(H,19,22). The van der Waals surface area contributed by atoms with E-state index in [0.717, 1.165) is 27.0 Å². The van der Waals surface area contributed by atoms with E-state index in [0.29, 0.717) is 24.0 Å². The first-order chi connectivity index (χ1) is 11.7. The third-order valence-corrected chi connectivity index (χ3v) is 5.23. The lowest BCUT2D eigenvalue weighted by molar-refractivity contribution is -0.121. The first-order valence-corrected chi connectivity index (χ1v) is 8.43. The van der Waals surface area contributed by atoms with Crippen LogP contribution in [0.1, 0.15) is 28.5 Å². The number of rotatable bonds is 2. The highest BCUT2D eigenvalue weighted by molar-refractivity contribution is 7.15. The predicted octanol–water partition coefficient (Wildman–Crippen LogP) is 2.43. The summed E-state index contributed by atoms with van der Waals surface area (Å²) in [5, 5.41) is 4.40. The lowest BCUT2D eigenvalue weighted by Crippen LogP contribution is -2.21. The maximum atomic E-state index is 12.2. The number of carbonyl (C=O) groups is 1. The van der Waals surface area contributed by atoms with E-state index in [4.69, 9.17) is 10.5 Å². The minimum absolute atomic E-state index is 0.0148. The number of aromatic nitrogens is 2. The third kappa shape index (κ3) is 2.46. The Morgan fingerprint density at radius 1 is 1.33 bits per heavy atom. The Kier molecular flexibility index (Phi) is 3.57. The number of nitrogens with zero attached hydrogens (tertiary/aromatic N) is 2. The van der Waals surface area contributed by atoms with E-state index < -0.39 is 0 Å². The Hall–Kier alpha value is -2.67. The van der Waals surface area contributed by atoms with Crippen LogP contribution >= 0.6 is 11.3 Å². The molecule has 24 heavy (non-hydrogen) atoms. The highest BCUT2D eigenvalue weighted by Crippen LogP contribution is 2.41. The number of nitrogens with one attached hydrogen (secondary N) is 1. The molecule has 0 fully saturated rings. The van der Waals surface area contributed by atoms with Crippen molar-refractivity contribution in [1.82, 2.24) is 15.3 Å². The maximum Gasteiger partial charge on any atom is 0.221 e. The fourth-order valence-corrected chi connectivity index (χ4v) is 4.06. The van der Waals surface area contributed by atoms with Gasteiger partial charge in [0.05, 0.1) is 24.9 Å². The maximum absolute atomic E-state index is 12.2. The second-order valence-electron chi connectivity index (χ2n) is 5.68. The van der Waals surface area contributed by atoms with E-state index in [9.17, 15) is 4.79 Å². The number of hydrogen-bond acceptors (Lipinski definition) is 6. The molecule has 3 aromatic rings. The predicted molar refractivity (Wildman–Crippen MR) is 93.1 cm³/mol. The Labute approximate surface area is 142 Å². The van der Waals surface area contributed by atoms with Crippen LogP contribution in [0.3, 0.4) is 0 Å². The van der Waals surface area contributed by atoms with Gasteiger partial charge in [0.1, 0.15) is 0 Å². The van der Waals surface area contributed by atoms with Gasteiger partial charge in [0, 0.05) is 28.2 Å². The van der Waals surface area contributed by atoms with Gasteiger partial charge in [0.15, 0.2) is 5.13 Å². The highest BCUT2D eigenvalue weighted by Gasteiger charge is 2.30. The summed E-state index contributed by atoms with van der Waals surface area (Å²) in [6.07, 6.45) is 0.324. The van der Waals surface area contributed by atoms with Gasteiger partial charge in [-0.2, -0.15) is 0 Å². The summed E-state index contributed by atoms with van der Waals surface area (Å²) >= 11 is 1.42. The molecule has 1 atom stereocenters. The third-order valence-electron chi connectivity index (χ3n) is 4.19. The minimum Gasteiger partial charge on any atom is -0.481 e. The van der Waals surface area contributed by atoms with E-state index in [1.165, 1.54) is 11.3 Å². The molecule has 1 aliphatic heterocycles. The molecule has 3 N–H and O–H groups in total. The van der Waals surface area contributed by atoms with Crippen molar-refractivity contribution in [1.29, 1.82) is 0 Å². The second-order valence-corrected chi connectivity index (χ2v) is 6.74. The molecule has 122 valence electrons. The monoisotopic (exact) mass is 340 g/mol. The molecule has 1 aromatic carbocycles. The highest BCUT2D eigenvalue weighted by atomic mass is 32.1. The number of fused-ring (bicyclic) bond motifs is 2. The molecule has 1 amide bonds. The quantitative estimate of drug-likeness (QED) is 0.748. The number of amides is 1. The summed E-state index contributed by atoms with van der Waals surface area (Å²) in [5.74, 6) is 0.356. The van der Waals surface area contributed by atoms with Crippen LogP contribution in [-0.4, -0.2) is 23.0 Å². The van der Waals surface area contributed by atoms with Crippen LogP contribution in [0.25, 0.3) is 10.9 Å². The number of pyridine rings is 1. The van der Waals surface area contributed by atoms with Gasteiger partial charge in [-0.25, -0.2) is 9.97 Å². The molecule has 2 aromatic heterocycles. The van der Waals surface area contributed by atoms with Crippen LogP contribution in [-0.2, 0) is 11.3 Å². The Balaban J connectivity index is 1.93. The summed E-state index contributed by atoms with van der Waals surface area (Å²) in [5.41, 5.74) is 8.46. The van der Waals surface area contributed by atoms with Crippen molar-refractivity contribution in [2.24, 2.45) is 0 Å². The van der Waals surface area contributed by atoms with Gasteiger partial charge in [-0.1, -0.05) is 18.2 Å². The Morgan fingerprint density at radius 3 is 3.00 bits per heavy atom. The molecule has 1 unspecified atom stereocenters. The Morgan fingerprint density at radius 2 is 2.17 bits per heavy atom. The van der Waals surface area contributed by atoms with E-state index >= 15 is 0 Å². The zero-order valence-corrected chi connectivity index (χ0v) is 13.9. The molecule has 0 spiro atoms. The normalized spacial score (nSPS) is 17.2. The minimum atomic E-state index is -0.163. The van der Waals surface area contributed by atoms with E-state index in [1.807, 2.05) is 30.3 Å². The number of benzene rings is 1. The van der Waals surface area contributed by atoms with Gasteiger partial charge in [0.25, 0.3) is 0 Å². The number of para-hydroxylation sites is 1. The van der Waals surface area contributed by atoms with Crippen molar-refractivity contribution >= 4 is 33.3 Å². The van der Waals surface area contributed by atoms with Crippen LogP contribution in [0.4, 0.5) is 5.13 Å². The van der Waals surface area contributed by atoms with Gasteiger partial charge in [0.2, 0.25) is 11.8 Å². The van der Waals surface area contributed by atoms with Crippen LogP contribution in [0.5, 0.6) is 5.88 Å². The zero-order chi connectivity index (χ0) is 16.7.